The van der Waals surface area contributed by atoms with Gasteiger partial charge in [-0.25, -0.2) is 4.79 Å². The second kappa shape index (κ2) is 8.02. The number of urea groups is 1. The highest BCUT2D eigenvalue weighted by atomic mass is 79.9. The van der Waals surface area contributed by atoms with E-state index in [1.807, 2.05) is 26.0 Å². The zero-order chi connectivity index (χ0) is 16.0. The first-order chi connectivity index (χ1) is 9.79. The number of rotatable bonds is 6. The minimum Gasteiger partial charge on any atom is -0.481 e. The van der Waals surface area contributed by atoms with Gasteiger partial charge in [0.1, 0.15) is 0 Å². The molecular weight excluding hydrogens is 336 g/mol. The number of anilines is 1. The monoisotopic (exact) mass is 356 g/mol. The number of nitrogens with one attached hydrogen (secondary N) is 2. The molecule has 0 spiro atoms. The van der Waals surface area contributed by atoms with E-state index in [0.29, 0.717) is 12.1 Å². The van der Waals surface area contributed by atoms with Crippen LogP contribution < -0.4 is 10.6 Å². The van der Waals surface area contributed by atoms with Crippen molar-refractivity contribution in [2.75, 3.05) is 5.32 Å². The molecule has 3 N–H and O–H groups in total. The number of carboxylic acid groups (broad SMARTS) is 1. The van der Waals surface area contributed by atoms with Gasteiger partial charge in [0.05, 0.1) is 5.92 Å². The Balaban J connectivity index is 2.59. The lowest BCUT2D eigenvalue weighted by Gasteiger charge is -2.23. The van der Waals surface area contributed by atoms with Gasteiger partial charge in [-0.2, -0.15) is 0 Å². The van der Waals surface area contributed by atoms with Crippen molar-refractivity contribution in [1.82, 2.24) is 5.32 Å². The summed E-state index contributed by atoms with van der Waals surface area (Å²) in [5.41, 5.74) is 0.652. The molecule has 5 nitrogen and oxygen atoms in total. The van der Waals surface area contributed by atoms with E-state index >= 15 is 0 Å². The Hall–Kier alpha value is -1.56. The second-order valence-corrected chi connectivity index (χ2v) is 6.38. The van der Waals surface area contributed by atoms with Crippen molar-refractivity contribution >= 4 is 33.6 Å². The Bertz CT molecular complexity index is 488. The standard InChI is InChI=1S/C15H21BrN2O3/c1-9(2)8-13(14(19)20)10(3)17-15(21)18-12-6-4-11(16)5-7-12/h4-7,9-10,13H,8H2,1-3H3,(H,19,20)(H2,17,18,21). The summed E-state index contributed by atoms with van der Waals surface area (Å²) >= 11 is 3.32. The third-order valence-electron chi connectivity index (χ3n) is 3.11. The van der Waals surface area contributed by atoms with Gasteiger partial charge >= 0.3 is 12.0 Å². The average molecular weight is 357 g/mol. The highest BCUT2D eigenvalue weighted by Gasteiger charge is 2.26. The predicted molar refractivity (Wildman–Crippen MR) is 86.3 cm³/mol. The minimum absolute atomic E-state index is 0.255. The van der Waals surface area contributed by atoms with Crippen molar-refractivity contribution in [3.8, 4) is 0 Å². The van der Waals surface area contributed by atoms with Crippen molar-refractivity contribution in [2.24, 2.45) is 11.8 Å². The molecule has 0 radical (unpaired) electrons. The van der Waals surface area contributed by atoms with Gasteiger partial charge in [-0.15, -0.1) is 0 Å². The maximum Gasteiger partial charge on any atom is 0.319 e. The first-order valence-corrected chi connectivity index (χ1v) is 7.64. The molecule has 1 rings (SSSR count). The van der Waals surface area contributed by atoms with Crippen LogP contribution in [0.2, 0.25) is 0 Å². The second-order valence-electron chi connectivity index (χ2n) is 5.47. The molecule has 2 unspecified atom stereocenters. The molecule has 6 heteroatoms. The summed E-state index contributed by atoms with van der Waals surface area (Å²) in [6.45, 7) is 5.64. The number of carbonyl (C=O) groups excluding carboxylic acids is 1. The molecule has 1 aromatic rings. The number of benzene rings is 1. The highest BCUT2D eigenvalue weighted by Crippen LogP contribution is 2.17. The molecule has 0 aliphatic rings. The Morgan fingerprint density at radius 1 is 1.19 bits per heavy atom. The summed E-state index contributed by atoms with van der Waals surface area (Å²) in [5.74, 6) is -1.23. The summed E-state index contributed by atoms with van der Waals surface area (Å²) in [5, 5.41) is 14.6. The molecule has 21 heavy (non-hydrogen) atoms. The van der Waals surface area contributed by atoms with E-state index < -0.39 is 24.0 Å². The van der Waals surface area contributed by atoms with Gasteiger partial charge < -0.3 is 15.7 Å². The maximum atomic E-state index is 11.9. The lowest BCUT2D eigenvalue weighted by atomic mass is 9.91. The molecule has 0 bridgehead atoms. The normalized spacial score (nSPS) is 13.6. The van der Waals surface area contributed by atoms with Crippen molar-refractivity contribution in [3.05, 3.63) is 28.7 Å². The number of aliphatic carboxylic acids is 1. The molecule has 0 saturated heterocycles. The zero-order valence-electron chi connectivity index (χ0n) is 12.4. The minimum atomic E-state index is -0.889. The molecular formula is C15H21BrN2O3. The summed E-state index contributed by atoms with van der Waals surface area (Å²) in [6.07, 6.45) is 0.523. The van der Waals surface area contributed by atoms with Crippen LogP contribution in [-0.4, -0.2) is 23.1 Å². The Labute approximate surface area is 133 Å². The fourth-order valence-corrected chi connectivity index (χ4v) is 2.30. The van der Waals surface area contributed by atoms with Crippen LogP contribution in [0.25, 0.3) is 0 Å². The Kier molecular flexibility index (Phi) is 6.68. The summed E-state index contributed by atoms with van der Waals surface area (Å²) < 4.78 is 0.921. The highest BCUT2D eigenvalue weighted by molar-refractivity contribution is 9.10. The van der Waals surface area contributed by atoms with Crippen LogP contribution in [0.1, 0.15) is 27.2 Å². The van der Waals surface area contributed by atoms with Crippen LogP contribution in [0.4, 0.5) is 10.5 Å². The van der Waals surface area contributed by atoms with Crippen LogP contribution in [-0.2, 0) is 4.79 Å². The molecule has 0 aromatic heterocycles. The van der Waals surface area contributed by atoms with Crippen LogP contribution in [0, 0.1) is 11.8 Å². The fourth-order valence-electron chi connectivity index (χ4n) is 2.03. The third-order valence-corrected chi connectivity index (χ3v) is 3.64. The summed E-state index contributed by atoms with van der Waals surface area (Å²) in [6, 6.07) is 6.31. The predicted octanol–water partition coefficient (Wildman–Crippen LogP) is 3.71. The van der Waals surface area contributed by atoms with Gasteiger partial charge in [0.2, 0.25) is 0 Å². The number of halogens is 1. The van der Waals surface area contributed by atoms with Crippen molar-refractivity contribution in [1.29, 1.82) is 0 Å². The molecule has 0 aliphatic heterocycles. The van der Waals surface area contributed by atoms with Gasteiger partial charge in [-0.3, -0.25) is 4.79 Å². The largest absolute Gasteiger partial charge is 0.481 e. The first kappa shape index (κ1) is 17.5. The van der Waals surface area contributed by atoms with Gasteiger partial charge in [0.15, 0.2) is 0 Å². The van der Waals surface area contributed by atoms with E-state index in [9.17, 15) is 14.7 Å². The lowest BCUT2D eigenvalue weighted by Crippen LogP contribution is -2.43. The van der Waals surface area contributed by atoms with Crippen LogP contribution in [0.15, 0.2) is 28.7 Å². The zero-order valence-corrected chi connectivity index (χ0v) is 14.0. The topological polar surface area (TPSA) is 78.4 Å². The Morgan fingerprint density at radius 2 is 1.76 bits per heavy atom. The molecule has 0 saturated carbocycles. The average Bonchev–Trinajstić information content (AvgIpc) is 2.38. The molecule has 2 atom stereocenters. The van der Waals surface area contributed by atoms with Crippen molar-refractivity contribution < 1.29 is 14.7 Å². The Morgan fingerprint density at radius 3 is 2.24 bits per heavy atom. The molecule has 2 amide bonds. The first-order valence-electron chi connectivity index (χ1n) is 6.85. The van der Waals surface area contributed by atoms with Crippen LogP contribution in [0.3, 0.4) is 0 Å². The van der Waals surface area contributed by atoms with Crippen LogP contribution in [0.5, 0.6) is 0 Å². The number of carbonyl (C=O) groups is 2. The van der Waals surface area contributed by atoms with Crippen molar-refractivity contribution in [3.63, 3.8) is 0 Å². The number of carboxylic acids is 1. The lowest BCUT2D eigenvalue weighted by molar-refractivity contribution is -0.143. The van der Waals surface area contributed by atoms with Crippen LogP contribution >= 0.6 is 15.9 Å². The number of hydrogen-bond donors (Lipinski definition) is 3. The van der Waals surface area contributed by atoms with Gasteiger partial charge in [-0.1, -0.05) is 29.8 Å². The van der Waals surface area contributed by atoms with Gasteiger partial charge in [-0.05, 0) is 43.5 Å². The van der Waals surface area contributed by atoms with Gasteiger partial charge in [0, 0.05) is 16.2 Å². The maximum absolute atomic E-state index is 11.9. The number of amides is 2. The summed E-state index contributed by atoms with van der Waals surface area (Å²) in [4.78, 5) is 23.2. The van der Waals surface area contributed by atoms with Crippen molar-refractivity contribution in [2.45, 2.75) is 33.2 Å². The smallest absolute Gasteiger partial charge is 0.319 e. The summed E-state index contributed by atoms with van der Waals surface area (Å²) in [7, 11) is 0. The van der Waals surface area contributed by atoms with E-state index in [0.717, 1.165) is 4.47 Å². The van der Waals surface area contributed by atoms with E-state index in [-0.39, 0.29) is 5.92 Å². The molecule has 0 heterocycles. The molecule has 0 aliphatic carbocycles. The van der Waals surface area contributed by atoms with Gasteiger partial charge in [0.25, 0.3) is 0 Å². The SMILES string of the molecule is CC(C)CC(C(=O)O)C(C)NC(=O)Nc1ccc(Br)cc1. The van der Waals surface area contributed by atoms with E-state index in [1.165, 1.54) is 0 Å². The molecule has 1 aromatic carbocycles. The molecule has 0 fully saturated rings. The quantitative estimate of drug-likeness (QED) is 0.726. The van der Waals surface area contributed by atoms with E-state index in [1.54, 1.807) is 19.1 Å². The van der Waals surface area contributed by atoms with E-state index in [4.69, 9.17) is 0 Å². The fraction of sp³-hybridized carbons (Fsp3) is 0.467. The van der Waals surface area contributed by atoms with E-state index in [2.05, 4.69) is 26.6 Å². The molecule has 116 valence electrons. The number of hydrogen-bond acceptors (Lipinski definition) is 2. The third kappa shape index (κ3) is 6.16.